The largest absolute Gasteiger partial charge is 0.486 e. The van der Waals surface area contributed by atoms with Crippen molar-refractivity contribution in [3.05, 3.63) is 100.0 Å². The van der Waals surface area contributed by atoms with Gasteiger partial charge in [-0.1, -0.05) is 29.8 Å². The van der Waals surface area contributed by atoms with E-state index in [-0.39, 0.29) is 24.1 Å². The highest BCUT2D eigenvalue weighted by molar-refractivity contribution is 6.31. The summed E-state index contributed by atoms with van der Waals surface area (Å²) in [5, 5.41) is 8.07. The third-order valence-electron chi connectivity index (χ3n) is 4.98. The predicted molar refractivity (Wildman–Crippen MR) is 120 cm³/mol. The van der Waals surface area contributed by atoms with Crippen molar-refractivity contribution < 1.29 is 18.3 Å². The molecule has 164 valence electrons. The van der Waals surface area contributed by atoms with Gasteiger partial charge in [0.15, 0.2) is 5.76 Å². The van der Waals surface area contributed by atoms with Gasteiger partial charge in [0, 0.05) is 5.02 Å². The van der Waals surface area contributed by atoms with Gasteiger partial charge in [-0.25, -0.2) is 4.39 Å². The summed E-state index contributed by atoms with van der Waals surface area (Å²) in [7, 11) is 0. The molecule has 8 heteroatoms. The van der Waals surface area contributed by atoms with Gasteiger partial charge in [0.05, 0.1) is 23.6 Å². The quantitative estimate of drug-likeness (QED) is 0.386. The standard InChI is InChI=1S/C24H21ClFN3O3/c1-15-23(16(2)29(28-15)13-17-5-3-4-6-21(17)25)27-24(30)22-12-11-20(32-22)14-31-19-9-7-18(26)8-10-19/h3-12H,13-14H2,1-2H3,(H,27,30). The lowest BCUT2D eigenvalue weighted by molar-refractivity contribution is 0.0992. The molecule has 4 aromatic rings. The molecule has 1 amide bonds. The van der Waals surface area contributed by atoms with E-state index in [1.807, 2.05) is 38.1 Å². The number of carbonyl (C=O) groups excluding carboxylic acids is 1. The van der Waals surface area contributed by atoms with Crippen LogP contribution < -0.4 is 10.1 Å². The Morgan fingerprint density at radius 2 is 1.88 bits per heavy atom. The summed E-state index contributed by atoms with van der Waals surface area (Å²) in [6, 6.07) is 16.5. The first-order chi connectivity index (χ1) is 15.4. The molecule has 4 rings (SSSR count). The molecule has 0 aliphatic carbocycles. The van der Waals surface area contributed by atoms with E-state index < -0.39 is 0 Å². The summed E-state index contributed by atoms with van der Waals surface area (Å²) in [5.41, 5.74) is 3.06. The lowest BCUT2D eigenvalue weighted by Crippen LogP contribution is -2.12. The average molecular weight is 454 g/mol. The van der Waals surface area contributed by atoms with E-state index >= 15 is 0 Å². The van der Waals surface area contributed by atoms with Crippen LogP contribution in [0.3, 0.4) is 0 Å². The molecule has 2 aromatic heterocycles. The molecule has 2 heterocycles. The van der Waals surface area contributed by atoms with Crippen molar-refractivity contribution >= 4 is 23.2 Å². The SMILES string of the molecule is Cc1nn(Cc2ccccc2Cl)c(C)c1NC(=O)c1ccc(COc2ccc(F)cc2)o1. The van der Waals surface area contributed by atoms with Crippen molar-refractivity contribution in [1.82, 2.24) is 9.78 Å². The maximum atomic E-state index is 13.0. The van der Waals surface area contributed by atoms with Gasteiger partial charge in [0.25, 0.3) is 5.91 Å². The number of furan rings is 1. The van der Waals surface area contributed by atoms with E-state index in [1.54, 1.807) is 16.8 Å². The molecule has 0 saturated carbocycles. The number of benzene rings is 2. The second-order valence-corrected chi connectivity index (χ2v) is 7.66. The van der Waals surface area contributed by atoms with Crippen molar-refractivity contribution in [2.45, 2.75) is 27.0 Å². The molecule has 6 nitrogen and oxygen atoms in total. The number of aryl methyl sites for hydroxylation is 1. The van der Waals surface area contributed by atoms with Gasteiger partial charge in [0.2, 0.25) is 0 Å². The number of carbonyl (C=O) groups is 1. The number of halogens is 2. The Bertz CT molecular complexity index is 1250. The zero-order valence-electron chi connectivity index (χ0n) is 17.6. The lowest BCUT2D eigenvalue weighted by atomic mass is 10.2. The summed E-state index contributed by atoms with van der Waals surface area (Å²) >= 11 is 6.26. The van der Waals surface area contributed by atoms with Gasteiger partial charge >= 0.3 is 0 Å². The molecule has 0 saturated heterocycles. The summed E-state index contributed by atoms with van der Waals surface area (Å²) in [4.78, 5) is 12.7. The van der Waals surface area contributed by atoms with Crippen molar-refractivity contribution in [1.29, 1.82) is 0 Å². The van der Waals surface area contributed by atoms with Crippen LogP contribution in [0.2, 0.25) is 5.02 Å². The number of hydrogen-bond acceptors (Lipinski definition) is 4. The van der Waals surface area contributed by atoms with Crippen LogP contribution >= 0.6 is 11.6 Å². The molecule has 0 atom stereocenters. The van der Waals surface area contributed by atoms with Crippen LogP contribution in [0, 0.1) is 19.7 Å². The van der Waals surface area contributed by atoms with Crippen molar-refractivity contribution in [2.75, 3.05) is 5.32 Å². The molecule has 0 aliphatic heterocycles. The zero-order valence-corrected chi connectivity index (χ0v) is 18.3. The first-order valence-electron chi connectivity index (χ1n) is 9.96. The van der Waals surface area contributed by atoms with Crippen LogP contribution in [0.15, 0.2) is 65.1 Å². The minimum absolute atomic E-state index is 0.118. The smallest absolute Gasteiger partial charge is 0.291 e. The average Bonchev–Trinajstić information content (AvgIpc) is 3.35. The summed E-state index contributed by atoms with van der Waals surface area (Å²) < 4.78 is 25.9. The first-order valence-corrected chi connectivity index (χ1v) is 10.3. The molecule has 0 spiro atoms. The van der Waals surface area contributed by atoms with Crippen LogP contribution in [0.4, 0.5) is 10.1 Å². The summed E-state index contributed by atoms with van der Waals surface area (Å²) in [5.74, 6) is 0.408. The molecule has 0 bridgehead atoms. The van der Waals surface area contributed by atoms with E-state index in [0.29, 0.717) is 34.5 Å². The number of ether oxygens (including phenoxy) is 1. The Morgan fingerprint density at radius 3 is 2.62 bits per heavy atom. The van der Waals surface area contributed by atoms with E-state index in [2.05, 4.69) is 10.4 Å². The fourth-order valence-corrected chi connectivity index (χ4v) is 3.45. The third-order valence-corrected chi connectivity index (χ3v) is 5.35. The Labute approximate surface area is 189 Å². The van der Waals surface area contributed by atoms with Crippen LogP contribution in [0.25, 0.3) is 0 Å². The normalized spacial score (nSPS) is 10.9. The van der Waals surface area contributed by atoms with Crippen LogP contribution in [0.5, 0.6) is 5.75 Å². The maximum Gasteiger partial charge on any atom is 0.291 e. The molecule has 0 radical (unpaired) electrons. The van der Waals surface area contributed by atoms with Gasteiger partial charge < -0.3 is 14.5 Å². The number of nitrogens with zero attached hydrogens (tertiary/aromatic N) is 2. The molecule has 0 fully saturated rings. The number of amides is 1. The highest BCUT2D eigenvalue weighted by Gasteiger charge is 2.18. The van der Waals surface area contributed by atoms with E-state index in [9.17, 15) is 9.18 Å². The Morgan fingerprint density at radius 1 is 1.12 bits per heavy atom. The second-order valence-electron chi connectivity index (χ2n) is 7.26. The van der Waals surface area contributed by atoms with Gasteiger partial charge in [-0.05, 0) is 61.9 Å². The monoisotopic (exact) mass is 453 g/mol. The highest BCUT2D eigenvalue weighted by Crippen LogP contribution is 2.24. The molecule has 0 unspecified atom stereocenters. The molecule has 1 N–H and O–H groups in total. The Kier molecular flexibility index (Phi) is 6.28. The van der Waals surface area contributed by atoms with Crippen molar-refractivity contribution in [3.8, 4) is 5.75 Å². The number of rotatable bonds is 7. The number of anilines is 1. The fourth-order valence-electron chi connectivity index (χ4n) is 3.26. The summed E-state index contributed by atoms with van der Waals surface area (Å²) in [6.45, 7) is 4.33. The van der Waals surface area contributed by atoms with Gasteiger partial charge in [-0.15, -0.1) is 0 Å². The number of nitrogens with one attached hydrogen (secondary N) is 1. The number of hydrogen-bond donors (Lipinski definition) is 1. The lowest BCUT2D eigenvalue weighted by Gasteiger charge is -2.08. The molecule has 0 aliphatic rings. The van der Waals surface area contributed by atoms with E-state index in [0.717, 1.165) is 11.3 Å². The Balaban J connectivity index is 1.42. The topological polar surface area (TPSA) is 69.3 Å². The number of aromatic nitrogens is 2. The predicted octanol–water partition coefficient (Wildman–Crippen LogP) is 5.77. The second kappa shape index (κ2) is 9.28. The zero-order chi connectivity index (χ0) is 22.7. The molecular formula is C24H21ClFN3O3. The van der Waals surface area contributed by atoms with Crippen molar-refractivity contribution in [2.24, 2.45) is 0 Å². The van der Waals surface area contributed by atoms with Gasteiger partial charge in [-0.3, -0.25) is 9.48 Å². The van der Waals surface area contributed by atoms with Gasteiger partial charge in [0.1, 0.15) is 23.9 Å². The van der Waals surface area contributed by atoms with E-state index in [4.69, 9.17) is 20.8 Å². The highest BCUT2D eigenvalue weighted by atomic mass is 35.5. The first kappa shape index (κ1) is 21.6. The summed E-state index contributed by atoms with van der Waals surface area (Å²) in [6.07, 6.45) is 0. The van der Waals surface area contributed by atoms with Crippen molar-refractivity contribution in [3.63, 3.8) is 0 Å². The minimum atomic E-state index is -0.387. The fraction of sp³-hybridized carbons (Fsp3) is 0.167. The minimum Gasteiger partial charge on any atom is -0.486 e. The van der Waals surface area contributed by atoms with Crippen LogP contribution in [-0.2, 0) is 13.2 Å². The van der Waals surface area contributed by atoms with Gasteiger partial charge in [-0.2, -0.15) is 5.10 Å². The molecule has 2 aromatic carbocycles. The third kappa shape index (κ3) is 4.84. The Hall–Kier alpha value is -3.58. The molecular weight excluding hydrogens is 433 g/mol. The maximum absolute atomic E-state index is 13.0. The van der Waals surface area contributed by atoms with Crippen LogP contribution in [0.1, 0.15) is 33.3 Å². The van der Waals surface area contributed by atoms with E-state index in [1.165, 1.54) is 24.3 Å². The molecule has 32 heavy (non-hydrogen) atoms. The van der Waals surface area contributed by atoms with Crippen LogP contribution in [-0.4, -0.2) is 15.7 Å².